The van der Waals surface area contributed by atoms with Crippen LogP contribution in [0.3, 0.4) is 0 Å². The average Bonchev–Trinajstić information content (AvgIpc) is 2.96. The van der Waals surface area contributed by atoms with Crippen LogP contribution in [0.25, 0.3) is 0 Å². The van der Waals surface area contributed by atoms with Crippen molar-refractivity contribution >= 4 is 11.9 Å². The highest BCUT2D eigenvalue weighted by Gasteiger charge is 2.36. The monoisotopic (exact) mass is 338 g/mol. The van der Waals surface area contributed by atoms with Crippen molar-refractivity contribution < 1.29 is 9.53 Å². The molecule has 0 saturated carbocycles. The fourth-order valence-electron chi connectivity index (χ4n) is 3.92. The van der Waals surface area contributed by atoms with Gasteiger partial charge < -0.3 is 19.9 Å². The van der Waals surface area contributed by atoms with E-state index in [0.717, 1.165) is 37.9 Å². The molecular weight excluding hydrogens is 304 g/mol. The van der Waals surface area contributed by atoms with Crippen molar-refractivity contribution in [2.75, 3.05) is 53.4 Å². The highest BCUT2D eigenvalue weighted by atomic mass is 16.5. The molecule has 0 aliphatic carbocycles. The van der Waals surface area contributed by atoms with E-state index < -0.39 is 0 Å². The molecule has 6 heteroatoms. The first-order valence-electron chi connectivity index (χ1n) is 9.31. The Labute approximate surface area is 146 Å². The van der Waals surface area contributed by atoms with Gasteiger partial charge in [-0.05, 0) is 44.2 Å². The topological polar surface area (TPSA) is 57.2 Å². The third kappa shape index (κ3) is 5.10. The zero-order valence-corrected chi connectivity index (χ0v) is 15.8. The van der Waals surface area contributed by atoms with Crippen LogP contribution in [0.5, 0.6) is 0 Å². The van der Waals surface area contributed by atoms with Crippen molar-refractivity contribution in [1.82, 2.24) is 15.1 Å². The lowest BCUT2D eigenvalue weighted by molar-refractivity contribution is -0.145. The van der Waals surface area contributed by atoms with E-state index in [1.807, 2.05) is 7.05 Å². The molecule has 2 aliphatic heterocycles. The number of aliphatic imine (C=N–C) groups is 1. The Balaban J connectivity index is 1.72. The van der Waals surface area contributed by atoms with Crippen molar-refractivity contribution in [2.45, 2.75) is 33.1 Å². The summed E-state index contributed by atoms with van der Waals surface area (Å²) in [6, 6.07) is 0. The van der Waals surface area contributed by atoms with E-state index in [4.69, 9.17) is 4.74 Å². The third-order valence-electron chi connectivity index (χ3n) is 5.30. The number of guanidine groups is 1. The Morgan fingerprint density at radius 2 is 2.08 bits per heavy atom. The SMILES string of the molecule is CN=C(NCCCN1CCCC(C)C1)N1CC(C)C(C(=O)OC)C1. The first-order valence-corrected chi connectivity index (χ1v) is 9.31. The molecule has 24 heavy (non-hydrogen) atoms. The predicted octanol–water partition coefficient (Wildman–Crippen LogP) is 1.42. The van der Waals surface area contributed by atoms with E-state index in [-0.39, 0.29) is 11.9 Å². The van der Waals surface area contributed by atoms with Crippen LogP contribution < -0.4 is 5.32 Å². The smallest absolute Gasteiger partial charge is 0.310 e. The van der Waals surface area contributed by atoms with Crippen LogP contribution in [0.2, 0.25) is 0 Å². The molecular formula is C18H34N4O2. The molecule has 2 fully saturated rings. The fourth-order valence-corrected chi connectivity index (χ4v) is 3.92. The Bertz CT molecular complexity index is 441. The highest BCUT2D eigenvalue weighted by molar-refractivity contribution is 5.82. The fraction of sp³-hybridized carbons (Fsp3) is 0.889. The summed E-state index contributed by atoms with van der Waals surface area (Å²) in [5.41, 5.74) is 0. The molecule has 2 heterocycles. The predicted molar refractivity (Wildman–Crippen MR) is 97.1 cm³/mol. The maximum absolute atomic E-state index is 11.8. The lowest BCUT2D eigenvalue weighted by Gasteiger charge is -2.31. The van der Waals surface area contributed by atoms with E-state index in [1.165, 1.54) is 33.0 Å². The second-order valence-corrected chi connectivity index (χ2v) is 7.39. The number of hydrogen-bond donors (Lipinski definition) is 1. The molecule has 3 unspecified atom stereocenters. The summed E-state index contributed by atoms with van der Waals surface area (Å²) in [5.74, 6) is 1.87. The molecule has 2 rings (SSSR count). The first-order chi connectivity index (χ1) is 11.5. The minimum atomic E-state index is -0.111. The largest absolute Gasteiger partial charge is 0.469 e. The number of carbonyl (C=O) groups excluding carboxylic acids is 1. The quantitative estimate of drug-likeness (QED) is 0.356. The van der Waals surface area contributed by atoms with E-state index in [9.17, 15) is 4.79 Å². The summed E-state index contributed by atoms with van der Waals surface area (Å²) in [6.45, 7) is 10.5. The summed E-state index contributed by atoms with van der Waals surface area (Å²) in [6.07, 6.45) is 3.82. The number of likely N-dealkylation sites (tertiary alicyclic amines) is 2. The molecule has 2 aliphatic rings. The summed E-state index contributed by atoms with van der Waals surface area (Å²) in [7, 11) is 3.27. The maximum atomic E-state index is 11.8. The van der Waals surface area contributed by atoms with E-state index in [0.29, 0.717) is 12.5 Å². The second kappa shape index (κ2) is 9.25. The van der Waals surface area contributed by atoms with Crippen molar-refractivity contribution in [3.63, 3.8) is 0 Å². The maximum Gasteiger partial charge on any atom is 0.310 e. The van der Waals surface area contributed by atoms with Crippen LogP contribution in [-0.2, 0) is 9.53 Å². The summed E-state index contributed by atoms with van der Waals surface area (Å²) in [5, 5.41) is 3.46. The van der Waals surface area contributed by atoms with Gasteiger partial charge in [0.2, 0.25) is 0 Å². The number of nitrogens with one attached hydrogen (secondary N) is 1. The van der Waals surface area contributed by atoms with Crippen LogP contribution in [0.4, 0.5) is 0 Å². The number of hydrogen-bond acceptors (Lipinski definition) is 4. The Morgan fingerprint density at radius 3 is 2.75 bits per heavy atom. The Kier molecular flexibility index (Phi) is 7.34. The Hall–Kier alpha value is -1.30. The first kappa shape index (κ1) is 19.0. The van der Waals surface area contributed by atoms with Gasteiger partial charge in [0.25, 0.3) is 0 Å². The number of esters is 1. The normalized spacial score (nSPS) is 28.9. The van der Waals surface area contributed by atoms with Gasteiger partial charge in [0.1, 0.15) is 0 Å². The number of nitrogens with zero attached hydrogens (tertiary/aromatic N) is 3. The number of rotatable bonds is 5. The van der Waals surface area contributed by atoms with Crippen LogP contribution >= 0.6 is 0 Å². The standard InChI is InChI=1S/C18H34N4O2/c1-14-7-5-9-21(11-14)10-6-8-20-18(19-3)22-12-15(2)16(13-22)17(23)24-4/h14-16H,5-13H2,1-4H3,(H,19,20). The summed E-state index contributed by atoms with van der Waals surface area (Å²) in [4.78, 5) is 21.0. The van der Waals surface area contributed by atoms with E-state index in [1.54, 1.807) is 0 Å². The Morgan fingerprint density at radius 1 is 1.29 bits per heavy atom. The third-order valence-corrected chi connectivity index (χ3v) is 5.30. The molecule has 138 valence electrons. The van der Waals surface area contributed by atoms with Gasteiger partial charge in [-0.15, -0.1) is 0 Å². The van der Waals surface area contributed by atoms with Crippen molar-refractivity contribution in [3.8, 4) is 0 Å². The number of methoxy groups -OCH3 is 1. The molecule has 3 atom stereocenters. The van der Waals surface area contributed by atoms with Gasteiger partial charge in [0, 0.05) is 33.2 Å². The molecule has 0 bridgehead atoms. The van der Waals surface area contributed by atoms with Gasteiger partial charge in [-0.2, -0.15) is 0 Å². The molecule has 6 nitrogen and oxygen atoms in total. The van der Waals surface area contributed by atoms with E-state index in [2.05, 4.69) is 34.0 Å². The lowest BCUT2D eigenvalue weighted by atomic mass is 9.99. The van der Waals surface area contributed by atoms with Crippen molar-refractivity contribution in [1.29, 1.82) is 0 Å². The highest BCUT2D eigenvalue weighted by Crippen LogP contribution is 2.24. The molecule has 2 saturated heterocycles. The molecule has 0 spiro atoms. The molecule has 0 aromatic carbocycles. The summed E-state index contributed by atoms with van der Waals surface area (Å²) >= 11 is 0. The number of ether oxygens (including phenoxy) is 1. The van der Waals surface area contributed by atoms with Gasteiger partial charge >= 0.3 is 5.97 Å². The van der Waals surface area contributed by atoms with Crippen LogP contribution in [-0.4, -0.2) is 75.2 Å². The van der Waals surface area contributed by atoms with Gasteiger partial charge in [-0.25, -0.2) is 0 Å². The second-order valence-electron chi connectivity index (χ2n) is 7.39. The lowest BCUT2D eigenvalue weighted by Crippen LogP contribution is -2.42. The van der Waals surface area contributed by atoms with Gasteiger partial charge in [0.15, 0.2) is 5.96 Å². The van der Waals surface area contributed by atoms with E-state index >= 15 is 0 Å². The van der Waals surface area contributed by atoms with Crippen LogP contribution in [0, 0.1) is 17.8 Å². The van der Waals surface area contributed by atoms with Gasteiger partial charge in [0.05, 0.1) is 13.0 Å². The van der Waals surface area contributed by atoms with Crippen molar-refractivity contribution in [2.24, 2.45) is 22.7 Å². The zero-order valence-electron chi connectivity index (χ0n) is 15.8. The van der Waals surface area contributed by atoms with Crippen LogP contribution in [0.1, 0.15) is 33.1 Å². The molecule has 1 N–H and O–H groups in total. The molecule has 0 aromatic heterocycles. The molecule has 0 aromatic rings. The number of piperidine rings is 1. The number of carbonyl (C=O) groups is 1. The minimum Gasteiger partial charge on any atom is -0.469 e. The minimum absolute atomic E-state index is 0.0524. The molecule has 0 amide bonds. The summed E-state index contributed by atoms with van der Waals surface area (Å²) < 4.78 is 4.91. The molecule has 0 radical (unpaired) electrons. The zero-order chi connectivity index (χ0) is 17.5. The van der Waals surface area contributed by atoms with Crippen LogP contribution in [0.15, 0.2) is 4.99 Å². The van der Waals surface area contributed by atoms with Gasteiger partial charge in [-0.3, -0.25) is 9.79 Å². The van der Waals surface area contributed by atoms with Crippen molar-refractivity contribution in [3.05, 3.63) is 0 Å². The van der Waals surface area contributed by atoms with Gasteiger partial charge in [-0.1, -0.05) is 13.8 Å². The average molecular weight is 338 g/mol.